The molecule has 0 saturated heterocycles. The van der Waals surface area contributed by atoms with Crippen LogP contribution in [0.2, 0.25) is 0 Å². The molecule has 0 fully saturated rings. The second-order valence-corrected chi connectivity index (χ2v) is 6.42. The number of para-hydroxylation sites is 1. The number of aromatic nitrogens is 4. The molecule has 1 unspecified atom stereocenters. The molecule has 0 aliphatic heterocycles. The maximum absolute atomic E-state index is 12.7. The molecule has 1 atom stereocenters. The van der Waals surface area contributed by atoms with Gasteiger partial charge in [-0.1, -0.05) is 19.1 Å². The van der Waals surface area contributed by atoms with Crippen LogP contribution < -0.4 is 10.9 Å². The first-order valence-corrected chi connectivity index (χ1v) is 8.78. The number of anilines is 1. The van der Waals surface area contributed by atoms with Gasteiger partial charge >= 0.3 is 0 Å². The van der Waals surface area contributed by atoms with Gasteiger partial charge in [0.25, 0.3) is 5.56 Å². The predicted molar refractivity (Wildman–Crippen MR) is 102 cm³/mol. The van der Waals surface area contributed by atoms with E-state index in [0.29, 0.717) is 16.9 Å². The summed E-state index contributed by atoms with van der Waals surface area (Å²) in [5.74, 6) is 0.264. The average Bonchev–Trinajstić information content (AvgIpc) is 3.28. The van der Waals surface area contributed by atoms with Crippen molar-refractivity contribution < 1.29 is 9.21 Å². The normalized spacial score (nSPS) is 12.5. The van der Waals surface area contributed by atoms with E-state index in [9.17, 15) is 9.59 Å². The van der Waals surface area contributed by atoms with Gasteiger partial charge in [-0.2, -0.15) is 5.10 Å². The molecule has 0 aliphatic carbocycles. The Morgan fingerprint density at radius 3 is 2.93 bits per heavy atom. The van der Waals surface area contributed by atoms with Gasteiger partial charge in [0.05, 0.1) is 18.6 Å². The third-order valence-electron chi connectivity index (χ3n) is 4.61. The molecule has 1 N–H and O–H groups in total. The highest BCUT2D eigenvalue weighted by Gasteiger charge is 2.16. The van der Waals surface area contributed by atoms with Gasteiger partial charge in [-0.15, -0.1) is 0 Å². The summed E-state index contributed by atoms with van der Waals surface area (Å²) in [4.78, 5) is 29.4. The number of hydrogen-bond acceptors (Lipinski definition) is 5. The lowest BCUT2D eigenvalue weighted by Gasteiger charge is -2.14. The van der Waals surface area contributed by atoms with Gasteiger partial charge < -0.3 is 9.73 Å². The number of fused-ring (bicyclic) bond motifs is 3. The van der Waals surface area contributed by atoms with Crippen molar-refractivity contribution in [2.45, 2.75) is 32.9 Å². The van der Waals surface area contributed by atoms with Crippen molar-refractivity contribution in [1.29, 1.82) is 0 Å². The number of carbonyl (C=O) groups excluding carboxylic acids is 1. The molecule has 1 aromatic carbocycles. The highest BCUT2D eigenvalue weighted by atomic mass is 16.3. The van der Waals surface area contributed by atoms with Crippen molar-refractivity contribution in [3.05, 3.63) is 53.2 Å². The van der Waals surface area contributed by atoms with Gasteiger partial charge in [0.2, 0.25) is 11.5 Å². The molecule has 0 spiro atoms. The predicted octanol–water partition coefficient (Wildman–Crippen LogP) is 2.95. The van der Waals surface area contributed by atoms with Gasteiger partial charge in [-0.05, 0) is 25.5 Å². The molecule has 0 saturated carbocycles. The topological polar surface area (TPSA) is 95.0 Å². The van der Waals surface area contributed by atoms with Crippen molar-refractivity contribution in [2.75, 3.05) is 5.32 Å². The number of nitrogens with zero attached hydrogens (tertiary/aromatic N) is 4. The lowest BCUT2D eigenvalue weighted by molar-refractivity contribution is -0.116. The molecular weight excluding hydrogens is 346 g/mol. The first-order valence-electron chi connectivity index (χ1n) is 8.78. The van der Waals surface area contributed by atoms with Crippen molar-refractivity contribution in [3.63, 3.8) is 0 Å². The molecule has 0 radical (unpaired) electrons. The first kappa shape index (κ1) is 17.0. The highest BCUT2D eigenvalue weighted by Crippen LogP contribution is 2.24. The van der Waals surface area contributed by atoms with Gasteiger partial charge in [0.15, 0.2) is 0 Å². The fraction of sp³-hybridized carbons (Fsp3) is 0.263. The second-order valence-electron chi connectivity index (χ2n) is 6.42. The third kappa shape index (κ3) is 2.99. The van der Waals surface area contributed by atoms with E-state index < -0.39 is 0 Å². The molecule has 138 valence electrons. The van der Waals surface area contributed by atoms with E-state index in [2.05, 4.69) is 15.4 Å². The van der Waals surface area contributed by atoms with E-state index in [4.69, 9.17) is 4.42 Å². The van der Waals surface area contributed by atoms with Gasteiger partial charge in [0.1, 0.15) is 23.5 Å². The molecular formula is C19H19N5O3. The Hall–Kier alpha value is -3.42. The summed E-state index contributed by atoms with van der Waals surface area (Å²) in [6.45, 7) is 3.91. The molecule has 0 bridgehead atoms. The zero-order chi connectivity index (χ0) is 19.0. The Bertz CT molecular complexity index is 1190. The SMILES string of the molecule is CCC(C)n1nccc1NC(=O)Cn1cnc2c(oc3ccccc32)c1=O. The summed E-state index contributed by atoms with van der Waals surface area (Å²) >= 11 is 0. The molecule has 8 heteroatoms. The number of carbonyl (C=O) groups is 1. The van der Waals surface area contributed by atoms with Crippen LogP contribution in [0.4, 0.5) is 5.82 Å². The van der Waals surface area contributed by atoms with Gasteiger partial charge in [0, 0.05) is 11.5 Å². The molecule has 8 nitrogen and oxygen atoms in total. The van der Waals surface area contributed by atoms with Gasteiger partial charge in [-0.25, -0.2) is 9.67 Å². The lowest BCUT2D eigenvalue weighted by atomic mass is 10.2. The third-order valence-corrected chi connectivity index (χ3v) is 4.61. The standard InChI is InChI=1S/C19H19N5O3/c1-3-12(2)24-15(8-9-21-24)22-16(25)10-23-11-20-17-13-6-4-5-7-14(13)27-18(17)19(23)26/h4-9,11-12H,3,10H2,1-2H3,(H,22,25). The van der Waals surface area contributed by atoms with Crippen LogP contribution in [-0.4, -0.2) is 25.2 Å². The molecule has 4 rings (SSSR count). The minimum atomic E-state index is -0.387. The van der Waals surface area contributed by atoms with E-state index in [0.717, 1.165) is 11.8 Å². The summed E-state index contributed by atoms with van der Waals surface area (Å²) in [5, 5.41) is 7.81. The zero-order valence-corrected chi connectivity index (χ0v) is 15.0. The number of nitrogens with one attached hydrogen (secondary N) is 1. The van der Waals surface area contributed by atoms with Crippen LogP contribution in [0.3, 0.4) is 0 Å². The van der Waals surface area contributed by atoms with Crippen molar-refractivity contribution in [2.24, 2.45) is 0 Å². The molecule has 3 heterocycles. The number of hydrogen-bond donors (Lipinski definition) is 1. The number of amides is 1. The maximum atomic E-state index is 12.7. The van der Waals surface area contributed by atoms with Crippen LogP contribution in [0, 0.1) is 0 Å². The Morgan fingerprint density at radius 2 is 2.11 bits per heavy atom. The van der Waals surface area contributed by atoms with E-state index in [1.165, 1.54) is 10.9 Å². The Balaban J connectivity index is 1.61. The van der Waals surface area contributed by atoms with E-state index >= 15 is 0 Å². The monoisotopic (exact) mass is 365 g/mol. The van der Waals surface area contributed by atoms with Crippen LogP contribution in [0.1, 0.15) is 26.3 Å². The molecule has 3 aromatic heterocycles. The van der Waals surface area contributed by atoms with Crippen LogP contribution in [0.25, 0.3) is 22.1 Å². The van der Waals surface area contributed by atoms with E-state index in [1.54, 1.807) is 23.0 Å². The summed E-state index contributed by atoms with van der Waals surface area (Å²) in [6.07, 6.45) is 3.89. The number of furan rings is 1. The minimum Gasteiger partial charge on any atom is -0.448 e. The molecule has 27 heavy (non-hydrogen) atoms. The van der Waals surface area contributed by atoms with Crippen LogP contribution in [0.15, 0.2) is 52.1 Å². The zero-order valence-electron chi connectivity index (χ0n) is 15.0. The average molecular weight is 365 g/mol. The van der Waals surface area contributed by atoms with Crippen molar-refractivity contribution in [1.82, 2.24) is 19.3 Å². The fourth-order valence-electron chi connectivity index (χ4n) is 3.00. The van der Waals surface area contributed by atoms with Crippen molar-refractivity contribution >= 4 is 33.8 Å². The van der Waals surface area contributed by atoms with Crippen LogP contribution in [0.5, 0.6) is 0 Å². The number of benzene rings is 1. The lowest BCUT2D eigenvalue weighted by Crippen LogP contribution is -2.28. The molecule has 1 amide bonds. The van der Waals surface area contributed by atoms with Crippen molar-refractivity contribution in [3.8, 4) is 0 Å². The Labute approximate surface area is 154 Å². The Kier molecular flexibility index (Phi) is 4.23. The largest absolute Gasteiger partial charge is 0.448 e. The highest BCUT2D eigenvalue weighted by molar-refractivity contribution is 6.01. The van der Waals surface area contributed by atoms with Crippen LogP contribution in [-0.2, 0) is 11.3 Å². The fourth-order valence-corrected chi connectivity index (χ4v) is 3.00. The van der Waals surface area contributed by atoms with E-state index in [-0.39, 0.29) is 29.6 Å². The molecule has 4 aromatic rings. The summed E-state index contributed by atoms with van der Waals surface area (Å²) in [6, 6.07) is 9.21. The minimum absolute atomic E-state index is 0.149. The second kappa shape index (κ2) is 6.71. The number of rotatable bonds is 5. The van der Waals surface area contributed by atoms with Gasteiger partial charge in [-0.3, -0.25) is 14.2 Å². The quantitative estimate of drug-likeness (QED) is 0.587. The summed E-state index contributed by atoms with van der Waals surface area (Å²) < 4.78 is 8.63. The maximum Gasteiger partial charge on any atom is 0.297 e. The Morgan fingerprint density at radius 1 is 1.30 bits per heavy atom. The summed E-state index contributed by atoms with van der Waals surface area (Å²) in [7, 11) is 0. The molecule has 0 aliphatic rings. The smallest absolute Gasteiger partial charge is 0.297 e. The van der Waals surface area contributed by atoms with E-state index in [1.807, 2.05) is 32.0 Å². The summed E-state index contributed by atoms with van der Waals surface area (Å²) in [5.41, 5.74) is 0.858. The van der Waals surface area contributed by atoms with Crippen LogP contribution >= 0.6 is 0 Å². The first-order chi connectivity index (χ1) is 13.1.